The summed E-state index contributed by atoms with van der Waals surface area (Å²) in [7, 11) is -4.01. The minimum absolute atomic E-state index is 0.0167. The molecular formula is C39H49N5O9S. The van der Waals surface area contributed by atoms with Crippen LogP contribution in [-0.2, 0) is 35.6 Å². The molecule has 3 N–H and O–H groups in total. The molecule has 2 saturated carbocycles. The number of benzene rings is 1. The molecule has 1 saturated heterocycles. The van der Waals surface area contributed by atoms with Crippen LogP contribution in [-0.4, -0.2) is 88.5 Å². The highest BCUT2D eigenvalue weighted by Gasteiger charge is 2.64. The van der Waals surface area contributed by atoms with Crippen molar-refractivity contribution in [3.8, 4) is 5.75 Å². The van der Waals surface area contributed by atoms with Crippen molar-refractivity contribution in [2.75, 3.05) is 6.54 Å². The Balaban J connectivity index is 1.24. The fraction of sp³-hybridized carbons (Fsp3) is 0.590. The molecule has 3 aliphatic heterocycles. The Kier molecular flexibility index (Phi) is 9.54. The van der Waals surface area contributed by atoms with Gasteiger partial charge >= 0.3 is 6.09 Å². The minimum atomic E-state index is -4.01. The molecule has 5 atom stereocenters. The Hall–Kier alpha value is -4.53. The number of hydrogen-bond acceptors (Lipinski definition) is 10. The maximum atomic E-state index is 14.7. The van der Waals surface area contributed by atoms with E-state index in [1.165, 1.54) is 4.90 Å². The van der Waals surface area contributed by atoms with Crippen molar-refractivity contribution in [3.05, 3.63) is 47.7 Å². The number of ether oxygens (including phenoxy) is 2. The molecule has 14 nitrogen and oxygen atoms in total. The van der Waals surface area contributed by atoms with Crippen molar-refractivity contribution in [2.24, 2.45) is 5.92 Å². The lowest BCUT2D eigenvalue weighted by atomic mass is 9.87. The van der Waals surface area contributed by atoms with Crippen LogP contribution < -0.4 is 20.1 Å². The summed E-state index contributed by atoms with van der Waals surface area (Å²) in [5, 5.41) is 6.49. The van der Waals surface area contributed by atoms with Gasteiger partial charge in [-0.2, -0.15) is 0 Å². The number of nitrogens with one attached hydrogen (secondary N) is 3. The lowest BCUT2D eigenvalue weighted by Gasteiger charge is -2.36. The molecule has 1 aromatic carbocycles. The van der Waals surface area contributed by atoms with Crippen LogP contribution in [0.25, 0.3) is 10.9 Å². The number of aromatic nitrogens is 1. The van der Waals surface area contributed by atoms with Gasteiger partial charge in [0.05, 0.1) is 16.8 Å². The number of allylic oxidation sites excluding steroid dienone is 1. The smallest absolute Gasteiger partial charge is 0.408 e. The summed E-state index contributed by atoms with van der Waals surface area (Å²) in [6, 6.07) is 5.26. The maximum absolute atomic E-state index is 14.7. The summed E-state index contributed by atoms with van der Waals surface area (Å²) in [5.74, 6) is -2.12. The van der Waals surface area contributed by atoms with Gasteiger partial charge in [0.2, 0.25) is 21.8 Å². The first kappa shape index (κ1) is 37.8. The number of hydrogen-bond donors (Lipinski definition) is 3. The van der Waals surface area contributed by atoms with E-state index in [4.69, 9.17) is 9.47 Å². The van der Waals surface area contributed by atoms with Crippen LogP contribution in [0.15, 0.2) is 36.4 Å². The van der Waals surface area contributed by atoms with Gasteiger partial charge in [0.25, 0.3) is 5.91 Å². The molecule has 15 heteroatoms. The number of carbonyl (C=O) groups excluding carboxylic acids is 5. The number of rotatable bonds is 5. The molecule has 5 aliphatic rings. The number of pyridine rings is 1. The van der Waals surface area contributed by atoms with Gasteiger partial charge in [-0.1, -0.05) is 43.2 Å². The van der Waals surface area contributed by atoms with Gasteiger partial charge in [-0.3, -0.25) is 23.9 Å². The second-order valence-corrected chi connectivity index (χ2v) is 19.0. The third kappa shape index (κ3) is 7.18. The Morgan fingerprint density at radius 1 is 1.09 bits per heavy atom. The van der Waals surface area contributed by atoms with Crippen molar-refractivity contribution >= 4 is 51.0 Å². The first-order chi connectivity index (χ1) is 25.5. The van der Waals surface area contributed by atoms with E-state index in [9.17, 15) is 32.4 Å². The Labute approximate surface area is 315 Å². The average molecular weight is 764 g/mol. The van der Waals surface area contributed by atoms with E-state index in [1.54, 1.807) is 27.7 Å². The van der Waals surface area contributed by atoms with Crippen LogP contribution in [0.1, 0.15) is 108 Å². The number of aryl methyl sites for hydroxylation is 1. The highest BCUT2D eigenvalue weighted by Crippen LogP contribution is 2.49. The molecule has 2 aliphatic carbocycles. The van der Waals surface area contributed by atoms with Crippen LogP contribution in [0.3, 0.4) is 0 Å². The van der Waals surface area contributed by atoms with Crippen molar-refractivity contribution < 1.29 is 41.9 Å². The molecule has 4 heterocycles. The Morgan fingerprint density at radius 3 is 2.57 bits per heavy atom. The van der Waals surface area contributed by atoms with Gasteiger partial charge < -0.3 is 25.0 Å². The number of aldehydes is 1. The van der Waals surface area contributed by atoms with Crippen LogP contribution >= 0.6 is 0 Å². The molecule has 54 heavy (non-hydrogen) atoms. The van der Waals surface area contributed by atoms with Gasteiger partial charge in [-0.25, -0.2) is 18.2 Å². The van der Waals surface area contributed by atoms with Gasteiger partial charge in [0.1, 0.15) is 34.5 Å². The van der Waals surface area contributed by atoms with E-state index in [-0.39, 0.29) is 25.1 Å². The predicted molar refractivity (Wildman–Crippen MR) is 198 cm³/mol. The summed E-state index contributed by atoms with van der Waals surface area (Å²) in [6.07, 6.45) is 8.71. The summed E-state index contributed by atoms with van der Waals surface area (Å²) in [6.45, 7) is 6.70. The summed E-state index contributed by atoms with van der Waals surface area (Å²) in [4.78, 5) is 74.5. The van der Waals surface area contributed by atoms with Crippen LogP contribution in [0.5, 0.6) is 5.75 Å². The minimum Gasteiger partial charge on any atom is -0.483 e. The number of carbonyl (C=O) groups is 5. The van der Waals surface area contributed by atoms with E-state index in [2.05, 4.69) is 20.3 Å². The molecule has 0 radical (unpaired) electrons. The third-order valence-electron chi connectivity index (χ3n) is 11.5. The van der Waals surface area contributed by atoms with Crippen LogP contribution in [0, 0.1) is 5.92 Å². The van der Waals surface area contributed by atoms with Crippen LogP contribution in [0.2, 0.25) is 0 Å². The van der Waals surface area contributed by atoms with Crippen molar-refractivity contribution in [1.82, 2.24) is 25.2 Å². The number of amides is 4. The van der Waals surface area contributed by atoms with Gasteiger partial charge in [-0.05, 0) is 85.1 Å². The number of para-hydroxylation sites is 1. The summed E-state index contributed by atoms with van der Waals surface area (Å²) < 4.78 is 39.8. The third-order valence-corrected chi connectivity index (χ3v) is 13.7. The fourth-order valence-electron chi connectivity index (χ4n) is 8.04. The average Bonchev–Trinajstić information content (AvgIpc) is 4.00. The first-order valence-corrected chi connectivity index (χ1v) is 20.4. The standard InChI is InChI=1S/C39H49N5O9S/c1-36(2,3)53-35(49)41-28-15-9-7-5-6-8-12-24-20-39(24,34(48)43-54(50,51)37(4)18-19-37)42-32(46)30-21-38(23-44(30)33(28)47)17-16-26-25-13-10-11-14-27(25)40-29(22-45)31(26)52-38/h8,10-14,22,24,28,30H,5-7,9,15-21,23H2,1-4H3,(H,41,49)(H,42,46)(H,43,48)/b12-8-/t24-,28+,30+,38-,39-/m1/s1. The van der Waals surface area contributed by atoms with Crippen molar-refractivity contribution in [3.63, 3.8) is 0 Å². The lowest BCUT2D eigenvalue weighted by molar-refractivity contribution is -0.141. The van der Waals surface area contributed by atoms with Gasteiger partial charge in [0.15, 0.2) is 12.0 Å². The number of fused-ring (bicyclic) bond motifs is 5. The quantitative estimate of drug-likeness (QED) is 0.297. The summed E-state index contributed by atoms with van der Waals surface area (Å²) >= 11 is 0. The highest BCUT2D eigenvalue weighted by molar-refractivity contribution is 7.91. The van der Waals surface area contributed by atoms with Crippen molar-refractivity contribution in [2.45, 2.75) is 132 Å². The molecule has 2 aromatic rings. The van der Waals surface area contributed by atoms with E-state index in [0.717, 1.165) is 23.8 Å². The van der Waals surface area contributed by atoms with Crippen LogP contribution in [0.4, 0.5) is 4.79 Å². The number of sulfonamides is 1. The second kappa shape index (κ2) is 13.6. The number of alkyl carbamates (subject to hydrolysis) is 1. The molecule has 290 valence electrons. The monoisotopic (exact) mass is 763 g/mol. The fourth-order valence-corrected chi connectivity index (χ4v) is 9.35. The molecule has 3 fully saturated rings. The zero-order valence-electron chi connectivity index (χ0n) is 31.2. The zero-order chi connectivity index (χ0) is 38.7. The van der Waals surface area contributed by atoms with Crippen molar-refractivity contribution in [1.29, 1.82) is 0 Å². The molecule has 0 unspecified atom stereocenters. The van der Waals surface area contributed by atoms with Gasteiger partial charge in [0, 0.05) is 23.3 Å². The Bertz CT molecular complexity index is 2040. The topological polar surface area (TPSA) is 190 Å². The van der Waals surface area contributed by atoms with E-state index >= 15 is 0 Å². The van der Waals surface area contributed by atoms with E-state index in [1.807, 2.05) is 36.4 Å². The molecule has 1 spiro atoms. The van der Waals surface area contributed by atoms with Gasteiger partial charge in [-0.15, -0.1) is 0 Å². The molecule has 0 bridgehead atoms. The lowest BCUT2D eigenvalue weighted by Crippen LogP contribution is -2.58. The van der Waals surface area contributed by atoms with E-state index < -0.39 is 73.3 Å². The molecule has 1 aromatic heterocycles. The summed E-state index contributed by atoms with van der Waals surface area (Å²) in [5.41, 5.74) is -1.91. The molecule has 4 amide bonds. The zero-order valence-corrected chi connectivity index (χ0v) is 32.1. The highest BCUT2D eigenvalue weighted by atomic mass is 32.2. The maximum Gasteiger partial charge on any atom is 0.408 e. The molecule has 7 rings (SSSR count). The normalized spacial score (nSPS) is 29.9. The first-order valence-electron chi connectivity index (χ1n) is 18.9. The Morgan fingerprint density at radius 2 is 1.85 bits per heavy atom. The predicted octanol–water partition coefficient (Wildman–Crippen LogP) is 4.00. The second-order valence-electron chi connectivity index (χ2n) is 16.8. The number of nitrogens with zero attached hydrogens (tertiary/aromatic N) is 2. The van der Waals surface area contributed by atoms with E-state index in [0.29, 0.717) is 62.5 Å². The molecular weight excluding hydrogens is 715 g/mol. The largest absolute Gasteiger partial charge is 0.483 e. The SMILES string of the molecule is CC(C)(C)OC(=O)N[C@H]1CCCCC/C=C\[C@@H]2C[C@@]2(C(=O)NS(=O)(=O)C2(C)CC2)NC(=O)[C@@H]2C[C@]3(CCc4c(c(C=O)nc5ccccc45)O3)CN2C1=O.